The van der Waals surface area contributed by atoms with Gasteiger partial charge in [0, 0.05) is 5.29 Å². The maximum Gasteiger partial charge on any atom is 0.237 e. The SMILES string of the molecule is C=CCN(F)OC(=C1CC1)C(CC1CCC1)NC(=O)C1CCCN1C. The average Bonchev–Trinajstić information content (AvgIpc) is 3.28. The molecule has 2 atom stereocenters. The number of hydroxylamine groups is 1. The lowest BCUT2D eigenvalue weighted by Gasteiger charge is -2.32. The predicted molar refractivity (Wildman–Crippen MR) is 94.9 cm³/mol. The number of carbonyl (C=O) groups is 1. The summed E-state index contributed by atoms with van der Waals surface area (Å²) in [7, 11) is 1.99. The molecule has 1 amide bonds. The Morgan fingerprint density at radius 2 is 2.20 bits per heavy atom. The first-order valence-corrected chi connectivity index (χ1v) is 9.53. The van der Waals surface area contributed by atoms with Gasteiger partial charge in [0.1, 0.15) is 5.76 Å². The molecule has 3 fully saturated rings. The van der Waals surface area contributed by atoms with Crippen LogP contribution in [-0.4, -0.2) is 48.3 Å². The summed E-state index contributed by atoms with van der Waals surface area (Å²) in [5.74, 6) is 1.25. The molecule has 1 aliphatic heterocycles. The molecule has 2 aliphatic carbocycles. The molecule has 1 saturated heterocycles. The van der Waals surface area contributed by atoms with Crippen LogP contribution in [0.2, 0.25) is 0 Å². The summed E-state index contributed by atoms with van der Waals surface area (Å²) in [6.45, 7) is 4.50. The van der Waals surface area contributed by atoms with E-state index in [4.69, 9.17) is 4.84 Å². The van der Waals surface area contributed by atoms with Gasteiger partial charge in [-0.3, -0.25) is 9.69 Å². The molecular weight excluding hydrogens is 321 g/mol. The fraction of sp³-hybridized carbons (Fsp3) is 0.737. The Hall–Kier alpha value is -1.40. The van der Waals surface area contributed by atoms with Gasteiger partial charge in [0.15, 0.2) is 0 Å². The van der Waals surface area contributed by atoms with Crippen LogP contribution in [0.15, 0.2) is 24.0 Å². The molecular formula is C19H30FN3O2. The van der Waals surface area contributed by atoms with Crippen LogP contribution in [0.3, 0.4) is 0 Å². The standard InChI is InChI=1S/C19H30FN3O2/c1-3-11-23(20)25-18(15-9-10-15)16(13-14-6-4-7-14)21-19(24)17-8-5-12-22(17)2/h3,14,16-17H,1,4-13H2,2H3,(H,21,24). The molecule has 0 bridgehead atoms. The Kier molecular flexibility index (Phi) is 6.12. The fourth-order valence-corrected chi connectivity index (χ4v) is 3.73. The third-order valence-corrected chi connectivity index (χ3v) is 5.57. The molecule has 25 heavy (non-hydrogen) atoms. The summed E-state index contributed by atoms with van der Waals surface area (Å²) >= 11 is 0. The molecule has 0 radical (unpaired) electrons. The van der Waals surface area contributed by atoms with E-state index in [2.05, 4.69) is 16.8 Å². The Balaban J connectivity index is 1.69. The molecule has 2 unspecified atom stereocenters. The number of carbonyl (C=O) groups excluding carboxylic acids is 1. The molecule has 1 N–H and O–H groups in total. The number of likely N-dealkylation sites (N-methyl/N-ethyl adjacent to an activating group) is 1. The van der Waals surface area contributed by atoms with E-state index >= 15 is 0 Å². The zero-order valence-electron chi connectivity index (χ0n) is 15.2. The van der Waals surface area contributed by atoms with Gasteiger partial charge >= 0.3 is 0 Å². The monoisotopic (exact) mass is 351 g/mol. The summed E-state index contributed by atoms with van der Waals surface area (Å²) in [5, 5.41) is 3.49. The molecule has 1 heterocycles. The van der Waals surface area contributed by atoms with Crippen molar-refractivity contribution >= 4 is 5.91 Å². The third kappa shape index (κ3) is 4.82. The van der Waals surface area contributed by atoms with E-state index < -0.39 is 0 Å². The molecule has 6 heteroatoms. The van der Waals surface area contributed by atoms with Crippen molar-refractivity contribution in [3.63, 3.8) is 0 Å². The first-order chi connectivity index (χ1) is 12.1. The van der Waals surface area contributed by atoms with E-state index in [-0.39, 0.29) is 24.5 Å². The third-order valence-electron chi connectivity index (χ3n) is 5.57. The lowest BCUT2D eigenvalue weighted by molar-refractivity contribution is -0.249. The maximum absolute atomic E-state index is 13.9. The van der Waals surface area contributed by atoms with Crippen LogP contribution in [-0.2, 0) is 9.63 Å². The van der Waals surface area contributed by atoms with Gasteiger partial charge < -0.3 is 10.2 Å². The highest BCUT2D eigenvalue weighted by Crippen LogP contribution is 2.38. The fourth-order valence-electron chi connectivity index (χ4n) is 3.73. The molecule has 0 aromatic rings. The van der Waals surface area contributed by atoms with Crippen LogP contribution >= 0.6 is 0 Å². The Morgan fingerprint density at radius 3 is 2.72 bits per heavy atom. The van der Waals surface area contributed by atoms with Gasteiger partial charge in [-0.05, 0) is 57.2 Å². The van der Waals surface area contributed by atoms with Crippen molar-refractivity contribution in [2.45, 2.75) is 63.5 Å². The lowest BCUT2D eigenvalue weighted by atomic mass is 9.80. The van der Waals surface area contributed by atoms with Crippen molar-refractivity contribution in [2.24, 2.45) is 5.92 Å². The first kappa shape index (κ1) is 18.4. The van der Waals surface area contributed by atoms with Crippen molar-refractivity contribution in [3.8, 4) is 0 Å². The normalized spacial score (nSPS) is 24.8. The van der Waals surface area contributed by atoms with Gasteiger partial charge in [0.2, 0.25) is 5.91 Å². The second kappa shape index (κ2) is 8.32. The number of nitrogens with one attached hydrogen (secondary N) is 1. The van der Waals surface area contributed by atoms with Gasteiger partial charge in [-0.25, -0.2) is 0 Å². The summed E-state index contributed by atoms with van der Waals surface area (Å²) in [6, 6.07) is -0.309. The second-order valence-corrected chi connectivity index (χ2v) is 7.58. The van der Waals surface area contributed by atoms with Crippen molar-refractivity contribution < 1.29 is 14.1 Å². The zero-order valence-corrected chi connectivity index (χ0v) is 15.2. The van der Waals surface area contributed by atoms with Crippen LogP contribution in [0.5, 0.6) is 0 Å². The highest BCUT2D eigenvalue weighted by atomic mass is 19.2. The number of likely N-dealkylation sites (tertiary alicyclic amines) is 1. The summed E-state index contributed by atoms with van der Waals surface area (Å²) in [6.07, 6.45) is 9.70. The minimum absolute atomic E-state index is 0.00619. The Bertz CT molecular complexity index is 527. The highest BCUT2D eigenvalue weighted by Gasteiger charge is 2.35. The molecule has 2 saturated carbocycles. The number of hydrogen-bond acceptors (Lipinski definition) is 4. The van der Waals surface area contributed by atoms with E-state index in [1.807, 2.05) is 7.05 Å². The highest BCUT2D eigenvalue weighted by molar-refractivity contribution is 5.82. The van der Waals surface area contributed by atoms with Crippen molar-refractivity contribution in [3.05, 3.63) is 24.0 Å². The van der Waals surface area contributed by atoms with Gasteiger partial charge in [0.05, 0.1) is 18.6 Å². The topological polar surface area (TPSA) is 44.8 Å². The number of hydrogen-bond donors (Lipinski definition) is 1. The van der Waals surface area contributed by atoms with Crippen LogP contribution in [0.4, 0.5) is 4.48 Å². The Morgan fingerprint density at radius 1 is 1.44 bits per heavy atom. The van der Waals surface area contributed by atoms with Crippen LogP contribution < -0.4 is 5.32 Å². The van der Waals surface area contributed by atoms with Crippen molar-refractivity contribution in [2.75, 3.05) is 20.1 Å². The maximum atomic E-state index is 13.9. The number of nitrogens with zero attached hydrogens (tertiary/aromatic N) is 2. The van der Waals surface area contributed by atoms with Crippen LogP contribution in [0.1, 0.15) is 51.4 Å². The molecule has 3 aliphatic rings. The number of halogens is 1. The molecule has 0 aromatic heterocycles. The van der Waals surface area contributed by atoms with E-state index in [0.717, 1.165) is 44.2 Å². The van der Waals surface area contributed by atoms with Gasteiger partial charge in [0.25, 0.3) is 0 Å². The van der Waals surface area contributed by atoms with Crippen LogP contribution in [0, 0.1) is 5.92 Å². The smallest absolute Gasteiger partial charge is 0.237 e. The van der Waals surface area contributed by atoms with Gasteiger partial charge in [-0.15, -0.1) is 6.58 Å². The molecule has 0 spiro atoms. The minimum Gasteiger partial charge on any atom is -0.378 e. The van der Waals surface area contributed by atoms with Crippen molar-refractivity contribution in [1.29, 1.82) is 0 Å². The average molecular weight is 351 g/mol. The van der Waals surface area contributed by atoms with Crippen molar-refractivity contribution in [1.82, 2.24) is 15.5 Å². The molecule has 5 nitrogen and oxygen atoms in total. The lowest BCUT2D eigenvalue weighted by Crippen LogP contribution is -2.48. The van der Waals surface area contributed by atoms with E-state index in [1.165, 1.54) is 25.3 Å². The van der Waals surface area contributed by atoms with Crippen LogP contribution in [0.25, 0.3) is 0 Å². The molecule has 3 rings (SSSR count). The first-order valence-electron chi connectivity index (χ1n) is 9.53. The molecule has 140 valence electrons. The number of allylic oxidation sites excluding steroid dienone is 1. The quantitative estimate of drug-likeness (QED) is 0.300. The van der Waals surface area contributed by atoms with Gasteiger partial charge in [-0.2, -0.15) is 0 Å². The zero-order chi connectivity index (χ0) is 17.8. The largest absolute Gasteiger partial charge is 0.378 e. The summed E-state index contributed by atoms with van der Waals surface area (Å²) in [5.41, 5.74) is 1.12. The summed E-state index contributed by atoms with van der Waals surface area (Å²) in [4.78, 5) is 20.3. The van der Waals surface area contributed by atoms with E-state index in [9.17, 15) is 9.28 Å². The van der Waals surface area contributed by atoms with Gasteiger partial charge in [-0.1, -0.05) is 29.8 Å². The number of amides is 1. The number of rotatable bonds is 9. The molecule has 0 aromatic carbocycles. The minimum atomic E-state index is -0.229. The van der Waals surface area contributed by atoms with E-state index in [1.54, 1.807) is 0 Å². The second-order valence-electron chi connectivity index (χ2n) is 7.58. The summed E-state index contributed by atoms with van der Waals surface area (Å²) < 4.78 is 13.9. The Labute approximate surface area is 149 Å². The van der Waals surface area contributed by atoms with E-state index in [0.29, 0.717) is 17.0 Å². The predicted octanol–water partition coefficient (Wildman–Crippen LogP) is 3.11.